The van der Waals surface area contributed by atoms with E-state index in [9.17, 15) is 9.90 Å². The normalized spacial score (nSPS) is 19.8. The van der Waals surface area contributed by atoms with Gasteiger partial charge in [-0.2, -0.15) is 0 Å². The summed E-state index contributed by atoms with van der Waals surface area (Å²) in [7, 11) is 1.53. The fourth-order valence-electron chi connectivity index (χ4n) is 3.04. The Kier molecular flexibility index (Phi) is 4.31. The fraction of sp³-hybridized carbons (Fsp3) is 0.222. The summed E-state index contributed by atoms with van der Waals surface area (Å²) in [4.78, 5) is 18.7. The van der Waals surface area contributed by atoms with Crippen molar-refractivity contribution in [2.75, 3.05) is 7.05 Å². The van der Waals surface area contributed by atoms with Crippen molar-refractivity contribution in [2.24, 2.45) is 10.7 Å². The molecule has 1 unspecified atom stereocenters. The van der Waals surface area contributed by atoms with Crippen molar-refractivity contribution in [3.05, 3.63) is 59.2 Å². The van der Waals surface area contributed by atoms with Crippen molar-refractivity contribution < 1.29 is 24.9 Å². The lowest BCUT2D eigenvalue weighted by Crippen LogP contribution is -2.41. The van der Waals surface area contributed by atoms with E-state index in [1.165, 1.54) is 30.1 Å². The molecule has 0 saturated carbocycles. The van der Waals surface area contributed by atoms with Gasteiger partial charge in [-0.15, -0.1) is 0 Å². The molecule has 0 radical (unpaired) electrons. The quantitative estimate of drug-likeness (QED) is 0.586. The number of nitrogens with zero attached hydrogens (tertiary/aromatic N) is 2. The number of nitrogens with two attached hydrogens (primary N) is 1. The van der Waals surface area contributed by atoms with Crippen LogP contribution in [0.15, 0.2) is 47.5 Å². The van der Waals surface area contributed by atoms with Gasteiger partial charge in [0.2, 0.25) is 0 Å². The molecule has 1 atom stereocenters. The van der Waals surface area contributed by atoms with Crippen LogP contribution in [0.3, 0.4) is 0 Å². The number of rotatable bonds is 4. The van der Waals surface area contributed by atoms with E-state index in [4.69, 9.17) is 20.7 Å². The molecule has 0 spiro atoms. The number of phenols is 1. The van der Waals surface area contributed by atoms with Gasteiger partial charge >= 0.3 is 6.48 Å². The second-order valence-corrected chi connectivity index (χ2v) is 6.02. The average molecular weight is 357 g/mol. The third kappa shape index (κ3) is 2.75. The number of amides is 1. The highest BCUT2D eigenvalue weighted by Crippen LogP contribution is 2.41. The van der Waals surface area contributed by atoms with Crippen LogP contribution < -0.4 is 10.5 Å². The summed E-state index contributed by atoms with van der Waals surface area (Å²) in [5.74, 6) is -0.0541. The molecule has 1 heterocycles. The molecule has 5 N–H and O–H groups in total. The monoisotopic (exact) mass is 357 g/mol. The van der Waals surface area contributed by atoms with Gasteiger partial charge in [-0.05, 0) is 47.9 Å². The zero-order chi connectivity index (χ0) is 19.1. The van der Waals surface area contributed by atoms with Crippen LogP contribution in [0.25, 0.3) is 0 Å². The van der Waals surface area contributed by atoms with Crippen molar-refractivity contribution in [1.82, 2.24) is 4.90 Å². The molecule has 2 aromatic rings. The SMILES string of the molecule is Cc1cc(C2(c3cccc(O)c3)N=C(N)N(C)C2=O)ccc1OC(O)O. The minimum atomic E-state index is -1.95. The van der Waals surface area contributed by atoms with Crippen molar-refractivity contribution >= 4 is 11.9 Å². The standard InChI is InChI=1S/C18H19N3O5/c1-10-8-12(6-7-14(10)26-17(24)25)18(11-4-3-5-13(22)9-11)15(23)21(2)16(19)20-18/h3-9,17,22,24-25H,1-2H3,(H2,19,20). The topological polar surface area (TPSA) is 129 Å². The lowest BCUT2D eigenvalue weighted by molar-refractivity contribution is -0.179. The highest BCUT2D eigenvalue weighted by atomic mass is 16.7. The number of guanidine groups is 1. The summed E-state index contributed by atoms with van der Waals surface area (Å²) in [5, 5.41) is 27.8. The molecule has 136 valence electrons. The third-order valence-electron chi connectivity index (χ3n) is 4.33. The summed E-state index contributed by atoms with van der Waals surface area (Å²) in [6.07, 6.45) is 0. The van der Waals surface area contributed by atoms with E-state index in [1.807, 2.05) is 0 Å². The van der Waals surface area contributed by atoms with Crippen LogP contribution in [-0.2, 0) is 10.3 Å². The smallest absolute Gasteiger partial charge is 0.310 e. The summed E-state index contributed by atoms with van der Waals surface area (Å²) in [6.45, 7) is -0.249. The van der Waals surface area contributed by atoms with E-state index < -0.39 is 12.0 Å². The molecular formula is C18H19N3O5. The maximum Gasteiger partial charge on any atom is 0.310 e. The molecule has 1 amide bonds. The molecule has 0 fully saturated rings. The van der Waals surface area contributed by atoms with Gasteiger partial charge in [0, 0.05) is 7.05 Å². The molecule has 8 nitrogen and oxygen atoms in total. The molecule has 3 rings (SSSR count). The molecular weight excluding hydrogens is 338 g/mol. The third-order valence-corrected chi connectivity index (χ3v) is 4.33. The number of likely N-dealkylation sites (N-methyl/N-ethyl adjacent to an activating group) is 1. The highest BCUT2D eigenvalue weighted by molar-refractivity contribution is 6.09. The van der Waals surface area contributed by atoms with Gasteiger partial charge in [-0.3, -0.25) is 9.69 Å². The van der Waals surface area contributed by atoms with Crippen LogP contribution in [0.4, 0.5) is 0 Å². The van der Waals surface area contributed by atoms with Crippen molar-refractivity contribution in [1.29, 1.82) is 0 Å². The van der Waals surface area contributed by atoms with Gasteiger partial charge in [0.1, 0.15) is 11.5 Å². The van der Waals surface area contributed by atoms with E-state index in [0.717, 1.165) is 0 Å². The number of phenolic OH excluding ortho intramolecular Hbond substituents is 1. The molecule has 0 saturated heterocycles. The van der Waals surface area contributed by atoms with Crippen molar-refractivity contribution in [2.45, 2.75) is 18.9 Å². The Bertz CT molecular complexity index is 896. The van der Waals surface area contributed by atoms with Crippen LogP contribution in [0.5, 0.6) is 11.5 Å². The van der Waals surface area contributed by atoms with Crippen LogP contribution in [0.2, 0.25) is 0 Å². The Morgan fingerprint density at radius 1 is 1.19 bits per heavy atom. The lowest BCUT2D eigenvalue weighted by atomic mass is 9.82. The molecule has 26 heavy (non-hydrogen) atoms. The molecule has 8 heteroatoms. The fourth-order valence-corrected chi connectivity index (χ4v) is 3.04. The molecule has 1 aliphatic rings. The van der Waals surface area contributed by atoms with Crippen molar-refractivity contribution in [3.63, 3.8) is 0 Å². The average Bonchev–Trinajstić information content (AvgIpc) is 2.81. The Balaban J connectivity index is 2.21. The number of aryl methyl sites for hydroxylation is 1. The largest absolute Gasteiger partial charge is 0.508 e. The minimum absolute atomic E-state index is 0.00178. The van der Waals surface area contributed by atoms with Gasteiger partial charge in [0.25, 0.3) is 5.91 Å². The maximum absolute atomic E-state index is 13.1. The summed E-state index contributed by atoms with van der Waals surface area (Å²) >= 11 is 0. The predicted octanol–water partition coefficient (Wildman–Crippen LogP) is 0.378. The second-order valence-electron chi connectivity index (χ2n) is 6.02. The zero-order valence-corrected chi connectivity index (χ0v) is 14.2. The number of aliphatic hydroxyl groups is 2. The molecule has 0 aliphatic carbocycles. The summed E-state index contributed by atoms with van der Waals surface area (Å²) < 4.78 is 4.90. The predicted molar refractivity (Wildman–Crippen MR) is 93.3 cm³/mol. The van der Waals surface area contributed by atoms with Crippen molar-refractivity contribution in [3.8, 4) is 11.5 Å². The van der Waals surface area contributed by atoms with Gasteiger partial charge < -0.3 is 25.8 Å². The number of carbonyl (C=O) groups is 1. The van der Waals surface area contributed by atoms with E-state index in [2.05, 4.69) is 4.99 Å². The first-order chi connectivity index (χ1) is 12.3. The van der Waals surface area contributed by atoms with Gasteiger partial charge in [-0.1, -0.05) is 18.2 Å². The number of benzene rings is 2. The summed E-state index contributed by atoms with van der Waals surface area (Å²) in [6, 6.07) is 11.1. The molecule has 2 aromatic carbocycles. The number of hydrogen-bond acceptors (Lipinski definition) is 7. The number of ether oxygens (including phenoxy) is 1. The maximum atomic E-state index is 13.1. The van der Waals surface area contributed by atoms with Crippen LogP contribution >= 0.6 is 0 Å². The van der Waals surface area contributed by atoms with E-state index in [0.29, 0.717) is 16.7 Å². The van der Waals surface area contributed by atoms with Gasteiger partial charge in [-0.25, -0.2) is 4.99 Å². The molecule has 0 bridgehead atoms. The number of aromatic hydroxyl groups is 1. The van der Waals surface area contributed by atoms with Gasteiger partial charge in [0.05, 0.1) is 0 Å². The lowest BCUT2D eigenvalue weighted by Gasteiger charge is -2.27. The molecule has 0 aromatic heterocycles. The molecule has 1 aliphatic heterocycles. The van der Waals surface area contributed by atoms with Crippen LogP contribution in [0.1, 0.15) is 16.7 Å². The highest BCUT2D eigenvalue weighted by Gasteiger charge is 2.49. The summed E-state index contributed by atoms with van der Waals surface area (Å²) in [5.41, 5.74) is 6.00. The number of aliphatic hydroxyl groups excluding tert-OH is 1. The second kappa shape index (κ2) is 6.32. The number of carbonyl (C=O) groups excluding carboxylic acids is 1. The Morgan fingerprint density at radius 2 is 1.88 bits per heavy atom. The number of hydrogen-bond donors (Lipinski definition) is 4. The van der Waals surface area contributed by atoms with E-state index in [-0.39, 0.29) is 23.4 Å². The zero-order valence-electron chi connectivity index (χ0n) is 14.2. The first-order valence-corrected chi connectivity index (χ1v) is 7.82. The van der Waals surface area contributed by atoms with E-state index in [1.54, 1.807) is 31.2 Å². The Hall–Kier alpha value is -3.10. The van der Waals surface area contributed by atoms with Gasteiger partial charge in [0.15, 0.2) is 11.5 Å². The Labute approximate surface area is 149 Å². The Morgan fingerprint density at radius 3 is 2.42 bits per heavy atom. The minimum Gasteiger partial charge on any atom is -0.508 e. The number of aliphatic imine (C=N–C) groups is 1. The van der Waals surface area contributed by atoms with Crippen LogP contribution in [0, 0.1) is 6.92 Å². The van der Waals surface area contributed by atoms with E-state index >= 15 is 0 Å². The first kappa shape index (κ1) is 17.7. The van der Waals surface area contributed by atoms with Crippen LogP contribution in [-0.4, -0.2) is 45.6 Å². The first-order valence-electron chi connectivity index (χ1n) is 7.82.